The molecule has 0 saturated heterocycles. The zero-order chi connectivity index (χ0) is 19.8. The number of anilines is 1. The Kier molecular flexibility index (Phi) is 4.15. The molecule has 0 aliphatic heterocycles. The van der Waals surface area contributed by atoms with Crippen LogP contribution in [0.5, 0.6) is 5.75 Å². The number of nitrogens with zero attached hydrogens (tertiary/aromatic N) is 2. The van der Waals surface area contributed by atoms with Gasteiger partial charge in [0.15, 0.2) is 11.5 Å². The quantitative estimate of drug-likeness (QED) is 0.561. The predicted octanol–water partition coefficient (Wildman–Crippen LogP) is 3.42. The first-order chi connectivity index (χ1) is 13.4. The second kappa shape index (κ2) is 6.66. The van der Waals surface area contributed by atoms with Gasteiger partial charge in [-0.25, -0.2) is 14.8 Å². The highest BCUT2D eigenvalue weighted by molar-refractivity contribution is 6.05. The van der Waals surface area contributed by atoms with Crippen molar-refractivity contribution in [1.29, 1.82) is 0 Å². The van der Waals surface area contributed by atoms with Crippen molar-refractivity contribution >= 4 is 22.8 Å². The minimum Gasteiger partial charge on any atom is -0.507 e. The molecule has 140 valence electrons. The standard InChI is InChI=1S/C20H15N3O5/c1-10-16(24)11(2)19(26)28-17(10)15-9-13-8-12(4-5-14(13)27-15)18(25)23-20-21-6-3-7-22-20/h3-9,24H,1-2H3,(H,21,22,23,25). The number of fused-ring (bicyclic) bond motifs is 1. The number of aromatic hydroxyl groups is 1. The van der Waals surface area contributed by atoms with Crippen molar-refractivity contribution in [3.63, 3.8) is 0 Å². The van der Waals surface area contributed by atoms with Crippen molar-refractivity contribution in [3.05, 3.63) is 69.8 Å². The van der Waals surface area contributed by atoms with Crippen molar-refractivity contribution in [2.75, 3.05) is 5.32 Å². The number of amides is 1. The van der Waals surface area contributed by atoms with E-state index in [4.69, 9.17) is 8.83 Å². The monoisotopic (exact) mass is 377 g/mol. The zero-order valence-corrected chi connectivity index (χ0v) is 15.0. The molecule has 4 aromatic rings. The van der Waals surface area contributed by atoms with Gasteiger partial charge in [0, 0.05) is 28.9 Å². The van der Waals surface area contributed by atoms with Crippen LogP contribution in [0.25, 0.3) is 22.5 Å². The van der Waals surface area contributed by atoms with Crippen LogP contribution < -0.4 is 10.9 Å². The van der Waals surface area contributed by atoms with Crippen LogP contribution in [0, 0.1) is 13.8 Å². The summed E-state index contributed by atoms with van der Waals surface area (Å²) in [5.74, 6) is 0.131. The molecule has 4 rings (SSSR count). The first-order valence-corrected chi connectivity index (χ1v) is 8.39. The lowest BCUT2D eigenvalue weighted by molar-refractivity contribution is 0.102. The van der Waals surface area contributed by atoms with E-state index < -0.39 is 5.63 Å². The number of carbonyl (C=O) groups excluding carboxylic acids is 1. The number of carbonyl (C=O) groups is 1. The molecule has 28 heavy (non-hydrogen) atoms. The average Bonchev–Trinajstić information content (AvgIpc) is 3.13. The van der Waals surface area contributed by atoms with E-state index >= 15 is 0 Å². The van der Waals surface area contributed by atoms with E-state index in [1.54, 1.807) is 37.3 Å². The van der Waals surface area contributed by atoms with Crippen LogP contribution in [0.1, 0.15) is 21.5 Å². The Morgan fingerprint density at radius 1 is 1.07 bits per heavy atom. The van der Waals surface area contributed by atoms with E-state index in [0.29, 0.717) is 22.1 Å². The molecule has 0 radical (unpaired) electrons. The van der Waals surface area contributed by atoms with Crippen LogP contribution in [0.3, 0.4) is 0 Å². The molecule has 0 aliphatic rings. The van der Waals surface area contributed by atoms with Crippen molar-refractivity contribution < 1.29 is 18.7 Å². The zero-order valence-electron chi connectivity index (χ0n) is 15.0. The topological polar surface area (TPSA) is 118 Å². The Morgan fingerprint density at radius 3 is 2.57 bits per heavy atom. The molecule has 8 nitrogen and oxygen atoms in total. The summed E-state index contributed by atoms with van der Waals surface area (Å²) < 4.78 is 11.0. The number of aromatic nitrogens is 2. The first-order valence-electron chi connectivity index (χ1n) is 8.39. The lowest BCUT2D eigenvalue weighted by atomic mass is 10.1. The van der Waals surface area contributed by atoms with Gasteiger partial charge in [-0.1, -0.05) is 0 Å². The minimum atomic E-state index is -0.638. The van der Waals surface area contributed by atoms with Crippen LogP contribution in [0.4, 0.5) is 5.95 Å². The van der Waals surface area contributed by atoms with Crippen LogP contribution in [-0.2, 0) is 0 Å². The van der Waals surface area contributed by atoms with Crippen molar-refractivity contribution in [2.45, 2.75) is 13.8 Å². The number of nitrogens with one attached hydrogen (secondary N) is 1. The average molecular weight is 377 g/mol. The molecule has 0 spiro atoms. The number of furan rings is 1. The summed E-state index contributed by atoms with van der Waals surface area (Å²) >= 11 is 0. The number of benzene rings is 1. The van der Waals surface area contributed by atoms with Gasteiger partial charge in [-0.2, -0.15) is 0 Å². The number of rotatable bonds is 3. The summed E-state index contributed by atoms with van der Waals surface area (Å²) in [6.07, 6.45) is 3.06. The third-order valence-electron chi connectivity index (χ3n) is 4.35. The molecule has 8 heteroatoms. The third kappa shape index (κ3) is 3.01. The van der Waals surface area contributed by atoms with E-state index in [0.717, 1.165) is 0 Å². The maximum Gasteiger partial charge on any atom is 0.343 e. The summed E-state index contributed by atoms with van der Waals surface area (Å²) in [6, 6.07) is 8.18. The van der Waals surface area contributed by atoms with Crippen LogP contribution in [-0.4, -0.2) is 21.0 Å². The van der Waals surface area contributed by atoms with Crippen LogP contribution in [0.2, 0.25) is 0 Å². The molecule has 0 saturated carbocycles. The molecule has 0 aliphatic carbocycles. The first kappa shape index (κ1) is 17.5. The Bertz CT molecular complexity index is 1260. The molecule has 0 fully saturated rings. The second-order valence-corrected chi connectivity index (χ2v) is 6.21. The summed E-state index contributed by atoms with van der Waals surface area (Å²) in [5, 5.41) is 13.3. The van der Waals surface area contributed by atoms with E-state index in [1.807, 2.05) is 0 Å². The van der Waals surface area contributed by atoms with E-state index in [9.17, 15) is 14.7 Å². The van der Waals surface area contributed by atoms with Crippen molar-refractivity contribution in [1.82, 2.24) is 9.97 Å². The fourth-order valence-corrected chi connectivity index (χ4v) is 2.80. The van der Waals surface area contributed by atoms with Crippen LogP contribution >= 0.6 is 0 Å². The van der Waals surface area contributed by atoms with Crippen LogP contribution in [0.15, 0.2) is 56.4 Å². The Labute approximate surface area is 158 Å². The van der Waals surface area contributed by atoms with Crippen molar-refractivity contribution in [2.24, 2.45) is 0 Å². The fourth-order valence-electron chi connectivity index (χ4n) is 2.80. The highest BCUT2D eigenvalue weighted by atomic mass is 16.4. The summed E-state index contributed by atoms with van der Waals surface area (Å²) in [7, 11) is 0. The van der Waals surface area contributed by atoms with Crippen molar-refractivity contribution in [3.8, 4) is 17.3 Å². The summed E-state index contributed by atoms with van der Waals surface area (Å²) in [6.45, 7) is 3.12. The SMILES string of the molecule is Cc1c(-c2cc3cc(C(=O)Nc4ncccn4)ccc3o2)oc(=O)c(C)c1O. The van der Waals surface area contributed by atoms with Gasteiger partial charge in [0.2, 0.25) is 5.95 Å². The van der Waals surface area contributed by atoms with Gasteiger partial charge in [0.05, 0.1) is 5.56 Å². The van der Waals surface area contributed by atoms with E-state index in [1.165, 1.54) is 19.3 Å². The lowest BCUT2D eigenvalue weighted by Gasteiger charge is -2.05. The Hall–Kier alpha value is -3.94. The third-order valence-corrected chi connectivity index (χ3v) is 4.35. The maximum absolute atomic E-state index is 12.4. The smallest absolute Gasteiger partial charge is 0.343 e. The van der Waals surface area contributed by atoms with Gasteiger partial charge < -0.3 is 13.9 Å². The second-order valence-electron chi connectivity index (χ2n) is 6.21. The maximum atomic E-state index is 12.4. The summed E-state index contributed by atoms with van der Waals surface area (Å²) in [4.78, 5) is 32.2. The Balaban J connectivity index is 1.71. The van der Waals surface area contributed by atoms with Gasteiger partial charge in [0.1, 0.15) is 11.3 Å². The fraction of sp³-hybridized carbons (Fsp3) is 0.100. The molecule has 3 aromatic heterocycles. The highest BCUT2D eigenvalue weighted by Crippen LogP contribution is 2.33. The van der Waals surface area contributed by atoms with Gasteiger partial charge in [-0.15, -0.1) is 0 Å². The molecular weight excluding hydrogens is 362 g/mol. The lowest BCUT2D eigenvalue weighted by Crippen LogP contribution is -2.13. The number of hydrogen-bond acceptors (Lipinski definition) is 7. The number of hydrogen-bond donors (Lipinski definition) is 2. The molecule has 1 aromatic carbocycles. The Morgan fingerprint density at radius 2 is 1.82 bits per heavy atom. The molecule has 1 amide bonds. The van der Waals surface area contributed by atoms with Gasteiger partial charge >= 0.3 is 5.63 Å². The summed E-state index contributed by atoms with van der Waals surface area (Å²) in [5.41, 5.74) is 0.790. The van der Waals surface area contributed by atoms with Gasteiger partial charge in [-0.05, 0) is 44.2 Å². The molecule has 3 heterocycles. The van der Waals surface area contributed by atoms with E-state index in [2.05, 4.69) is 15.3 Å². The minimum absolute atomic E-state index is 0.130. The molecule has 0 bridgehead atoms. The molecule has 0 unspecified atom stereocenters. The predicted molar refractivity (Wildman–Crippen MR) is 101 cm³/mol. The molecule has 2 N–H and O–H groups in total. The molecular formula is C20H15N3O5. The van der Waals surface area contributed by atoms with Gasteiger partial charge in [0.25, 0.3) is 5.91 Å². The molecule has 0 atom stereocenters. The van der Waals surface area contributed by atoms with Gasteiger partial charge in [-0.3, -0.25) is 10.1 Å². The largest absolute Gasteiger partial charge is 0.507 e. The highest BCUT2D eigenvalue weighted by Gasteiger charge is 2.19. The van der Waals surface area contributed by atoms with E-state index in [-0.39, 0.29) is 34.7 Å². The normalized spacial score (nSPS) is 10.9.